The first-order valence-corrected chi connectivity index (χ1v) is 11.7. The van der Waals surface area contributed by atoms with E-state index < -0.39 is 5.92 Å². The highest BCUT2D eigenvalue weighted by atomic mass is 19.1. The third-order valence-electron chi connectivity index (χ3n) is 7.20. The number of anilines is 1. The van der Waals surface area contributed by atoms with Crippen molar-refractivity contribution in [2.24, 2.45) is 13.0 Å². The summed E-state index contributed by atoms with van der Waals surface area (Å²) in [5.74, 6) is -0.670. The molecule has 0 spiro atoms. The van der Waals surface area contributed by atoms with Gasteiger partial charge in [-0.1, -0.05) is 0 Å². The van der Waals surface area contributed by atoms with Crippen LogP contribution in [-0.2, 0) is 16.6 Å². The summed E-state index contributed by atoms with van der Waals surface area (Å²) in [6.45, 7) is 6.83. The minimum absolute atomic E-state index is 0.265. The first kappa shape index (κ1) is 21.3. The number of aromatic nitrogens is 2. The number of piperazine rings is 1. The second kappa shape index (κ2) is 8.78. The van der Waals surface area contributed by atoms with Crippen LogP contribution in [-0.4, -0.2) is 72.3 Å². The highest BCUT2D eigenvalue weighted by molar-refractivity contribution is 6.02. The molecule has 32 heavy (non-hydrogen) atoms. The molecular formula is C23H31FN6O2. The Morgan fingerprint density at radius 1 is 1.09 bits per heavy atom. The van der Waals surface area contributed by atoms with E-state index in [1.807, 2.05) is 13.1 Å². The maximum atomic E-state index is 15.2. The molecule has 8 nitrogen and oxygen atoms in total. The van der Waals surface area contributed by atoms with Crippen LogP contribution in [0.2, 0.25) is 0 Å². The fraction of sp³-hybridized carbons (Fsp3) is 0.609. The fourth-order valence-corrected chi connectivity index (χ4v) is 5.35. The number of imide groups is 1. The van der Waals surface area contributed by atoms with Gasteiger partial charge in [0.2, 0.25) is 11.8 Å². The molecule has 4 heterocycles. The zero-order valence-corrected chi connectivity index (χ0v) is 18.6. The number of halogens is 1. The van der Waals surface area contributed by atoms with Crippen molar-refractivity contribution in [1.29, 1.82) is 0 Å². The van der Waals surface area contributed by atoms with E-state index in [0.29, 0.717) is 23.2 Å². The average molecular weight is 443 g/mol. The second-order valence-corrected chi connectivity index (χ2v) is 9.31. The summed E-state index contributed by atoms with van der Waals surface area (Å²) in [7, 11) is 1.82. The lowest BCUT2D eigenvalue weighted by Crippen LogP contribution is -2.48. The van der Waals surface area contributed by atoms with E-state index in [-0.39, 0.29) is 24.1 Å². The van der Waals surface area contributed by atoms with Crippen LogP contribution in [0.25, 0.3) is 10.9 Å². The lowest BCUT2D eigenvalue weighted by Gasteiger charge is -2.38. The van der Waals surface area contributed by atoms with Crippen LogP contribution in [0.3, 0.4) is 0 Å². The molecule has 0 aliphatic carbocycles. The van der Waals surface area contributed by atoms with Crippen LogP contribution in [0.1, 0.15) is 37.3 Å². The molecule has 3 aliphatic rings. The molecule has 0 bridgehead atoms. The van der Waals surface area contributed by atoms with E-state index in [9.17, 15) is 9.59 Å². The highest BCUT2D eigenvalue weighted by Gasteiger charge is 2.32. The predicted molar refractivity (Wildman–Crippen MR) is 120 cm³/mol. The van der Waals surface area contributed by atoms with Gasteiger partial charge in [0.05, 0.1) is 22.8 Å². The largest absolute Gasteiger partial charge is 0.367 e. The Balaban J connectivity index is 1.32. The summed E-state index contributed by atoms with van der Waals surface area (Å²) in [6.07, 6.45) is 3.15. The number of nitrogens with one attached hydrogen (secondary N) is 2. The summed E-state index contributed by atoms with van der Waals surface area (Å²) in [5.41, 5.74) is 1.94. The molecule has 1 unspecified atom stereocenters. The maximum absolute atomic E-state index is 15.2. The van der Waals surface area contributed by atoms with E-state index >= 15 is 4.39 Å². The molecule has 2 N–H and O–H groups in total. The molecule has 2 aromatic rings. The number of hydrogen-bond acceptors (Lipinski definition) is 6. The highest BCUT2D eigenvalue weighted by Crippen LogP contribution is 2.34. The van der Waals surface area contributed by atoms with Gasteiger partial charge in [0.15, 0.2) is 0 Å². The lowest BCUT2D eigenvalue weighted by molar-refractivity contribution is -0.134. The van der Waals surface area contributed by atoms with E-state index in [4.69, 9.17) is 0 Å². The molecule has 1 atom stereocenters. The molecule has 9 heteroatoms. The zero-order chi connectivity index (χ0) is 22.2. The molecule has 3 fully saturated rings. The number of fused-ring (bicyclic) bond motifs is 1. The quantitative estimate of drug-likeness (QED) is 0.696. The SMILES string of the molecule is Cn1nc(C2CCC(=O)NC2=O)c2cc(F)c(N3CCN(CC4CCNCC4)CC3)cc21. The van der Waals surface area contributed by atoms with Gasteiger partial charge in [-0.15, -0.1) is 0 Å². The molecule has 3 aliphatic heterocycles. The van der Waals surface area contributed by atoms with Crippen LogP contribution in [0.5, 0.6) is 0 Å². The van der Waals surface area contributed by atoms with Crippen LogP contribution in [0.15, 0.2) is 12.1 Å². The number of carbonyl (C=O) groups excluding carboxylic acids is 2. The molecule has 1 aromatic carbocycles. The molecule has 0 saturated carbocycles. The Labute approximate surface area is 187 Å². The van der Waals surface area contributed by atoms with Crippen molar-refractivity contribution in [3.8, 4) is 0 Å². The van der Waals surface area contributed by atoms with Gasteiger partial charge >= 0.3 is 0 Å². The first-order valence-electron chi connectivity index (χ1n) is 11.7. The van der Waals surface area contributed by atoms with E-state index in [1.165, 1.54) is 18.9 Å². The standard InChI is InChI=1S/C23H31FN6O2/c1-28-19-13-20(30-10-8-29(9-11-30)14-15-4-6-25-7-5-15)18(24)12-17(19)22(27-28)16-2-3-21(31)26-23(16)32/h12-13,15-16,25H,2-11,14H2,1H3,(H,26,31,32). The molecule has 0 radical (unpaired) electrons. The Morgan fingerprint density at radius 3 is 2.56 bits per heavy atom. The summed E-state index contributed by atoms with van der Waals surface area (Å²) in [6, 6.07) is 3.37. The van der Waals surface area contributed by atoms with Crippen molar-refractivity contribution in [1.82, 2.24) is 25.3 Å². The van der Waals surface area contributed by atoms with Crippen molar-refractivity contribution in [3.63, 3.8) is 0 Å². The number of piperidine rings is 2. The van der Waals surface area contributed by atoms with Gasteiger partial charge in [-0.3, -0.25) is 24.5 Å². The molecule has 3 saturated heterocycles. The average Bonchev–Trinajstić information content (AvgIpc) is 3.09. The van der Waals surface area contributed by atoms with Gasteiger partial charge in [-0.2, -0.15) is 5.10 Å². The van der Waals surface area contributed by atoms with Gasteiger partial charge in [0.25, 0.3) is 0 Å². The summed E-state index contributed by atoms with van der Waals surface area (Å²) >= 11 is 0. The van der Waals surface area contributed by atoms with Crippen LogP contribution in [0, 0.1) is 11.7 Å². The Hall–Kier alpha value is -2.52. The van der Waals surface area contributed by atoms with Crippen LogP contribution >= 0.6 is 0 Å². The number of rotatable bonds is 4. The molecule has 1 aromatic heterocycles. The molecule has 2 amide bonds. The maximum Gasteiger partial charge on any atom is 0.235 e. The first-order chi connectivity index (χ1) is 15.5. The molecular weight excluding hydrogens is 411 g/mol. The molecule has 5 rings (SSSR count). The monoisotopic (exact) mass is 442 g/mol. The van der Waals surface area contributed by atoms with E-state index in [0.717, 1.165) is 57.2 Å². The minimum atomic E-state index is -0.528. The van der Waals surface area contributed by atoms with Gasteiger partial charge in [0.1, 0.15) is 5.82 Å². The normalized spacial score (nSPS) is 23.7. The summed E-state index contributed by atoms with van der Waals surface area (Å²) in [4.78, 5) is 28.5. The van der Waals surface area contributed by atoms with E-state index in [2.05, 4.69) is 25.5 Å². The number of benzene rings is 1. The number of amides is 2. The van der Waals surface area contributed by atoms with Crippen LogP contribution < -0.4 is 15.5 Å². The number of nitrogens with zero attached hydrogens (tertiary/aromatic N) is 4. The van der Waals surface area contributed by atoms with Crippen molar-refractivity contribution < 1.29 is 14.0 Å². The number of carbonyl (C=O) groups is 2. The topological polar surface area (TPSA) is 82.5 Å². The van der Waals surface area contributed by atoms with Crippen molar-refractivity contribution in [3.05, 3.63) is 23.6 Å². The zero-order valence-electron chi connectivity index (χ0n) is 18.6. The van der Waals surface area contributed by atoms with Crippen molar-refractivity contribution in [2.45, 2.75) is 31.6 Å². The lowest BCUT2D eigenvalue weighted by atomic mass is 9.92. The van der Waals surface area contributed by atoms with Gasteiger partial charge in [-0.05, 0) is 50.4 Å². The third-order valence-corrected chi connectivity index (χ3v) is 7.20. The number of hydrogen-bond donors (Lipinski definition) is 2. The van der Waals surface area contributed by atoms with Gasteiger partial charge < -0.3 is 10.2 Å². The van der Waals surface area contributed by atoms with E-state index in [1.54, 1.807) is 4.68 Å². The van der Waals surface area contributed by atoms with Crippen LogP contribution in [0.4, 0.5) is 10.1 Å². The fourth-order valence-electron chi connectivity index (χ4n) is 5.35. The Morgan fingerprint density at radius 2 is 1.84 bits per heavy atom. The van der Waals surface area contributed by atoms with Gasteiger partial charge in [-0.25, -0.2) is 4.39 Å². The van der Waals surface area contributed by atoms with Crippen molar-refractivity contribution in [2.75, 3.05) is 50.7 Å². The minimum Gasteiger partial charge on any atom is -0.367 e. The Bertz CT molecular complexity index is 1020. The summed E-state index contributed by atoms with van der Waals surface area (Å²) in [5, 5.41) is 11.0. The number of aryl methyl sites for hydroxylation is 1. The molecule has 172 valence electrons. The predicted octanol–water partition coefficient (Wildman–Crippen LogP) is 1.35. The second-order valence-electron chi connectivity index (χ2n) is 9.31. The summed E-state index contributed by atoms with van der Waals surface area (Å²) < 4.78 is 16.9. The third kappa shape index (κ3) is 4.11. The van der Waals surface area contributed by atoms with Gasteiger partial charge in [0, 0.05) is 51.6 Å². The van der Waals surface area contributed by atoms with Crippen molar-refractivity contribution >= 4 is 28.4 Å². The Kier molecular flexibility index (Phi) is 5.86. The smallest absolute Gasteiger partial charge is 0.235 e.